The molecule has 1 atom stereocenters. The van der Waals surface area contributed by atoms with Crippen LogP contribution in [0.25, 0.3) is 0 Å². The molecule has 1 amide bonds. The number of ether oxygens (including phenoxy) is 1. The van der Waals surface area contributed by atoms with E-state index in [9.17, 15) is 14.4 Å². The van der Waals surface area contributed by atoms with Gasteiger partial charge < -0.3 is 20.9 Å². The number of nitrogens with two attached hydrogens (primary N) is 1. The minimum Gasteiger partial charge on any atom is -0.481 e. The van der Waals surface area contributed by atoms with Crippen molar-refractivity contribution < 1.29 is 24.2 Å². The van der Waals surface area contributed by atoms with Crippen LogP contribution in [0.1, 0.15) is 23.2 Å². The van der Waals surface area contributed by atoms with Crippen molar-refractivity contribution >= 4 is 23.5 Å². The minimum absolute atomic E-state index is 0.0154. The van der Waals surface area contributed by atoms with E-state index in [-0.39, 0.29) is 24.1 Å². The number of carboxylic acid groups (broad SMARTS) is 1. The standard InChI is InChI=1S/C13H16N2O5/c1-20-13(19)8-4-2-3-5-10(8)15-12(18)9(14)6-7-11(16)17/h2-5,9H,6-7,14H2,1H3,(H,15,18)(H,16,17). The number of esters is 1. The highest BCUT2D eigenvalue weighted by molar-refractivity contribution is 6.02. The van der Waals surface area contributed by atoms with Gasteiger partial charge in [0.1, 0.15) is 0 Å². The van der Waals surface area contributed by atoms with Crippen LogP contribution in [0.5, 0.6) is 0 Å². The molecule has 7 heteroatoms. The highest BCUT2D eigenvalue weighted by Crippen LogP contribution is 2.16. The van der Waals surface area contributed by atoms with Crippen LogP contribution in [0.15, 0.2) is 24.3 Å². The van der Waals surface area contributed by atoms with E-state index < -0.39 is 23.9 Å². The number of benzene rings is 1. The van der Waals surface area contributed by atoms with Crippen molar-refractivity contribution in [1.82, 2.24) is 0 Å². The Kier molecular flexibility index (Phi) is 5.67. The van der Waals surface area contributed by atoms with Gasteiger partial charge in [-0.1, -0.05) is 12.1 Å². The number of hydrogen-bond donors (Lipinski definition) is 3. The first-order valence-corrected chi connectivity index (χ1v) is 5.91. The molecule has 0 aromatic heterocycles. The number of methoxy groups -OCH3 is 1. The van der Waals surface area contributed by atoms with Crippen molar-refractivity contribution in [2.75, 3.05) is 12.4 Å². The number of carbonyl (C=O) groups is 3. The lowest BCUT2D eigenvalue weighted by Gasteiger charge is -2.13. The van der Waals surface area contributed by atoms with Gasteiger partial charge in [0.25, 0.3) is 0 Å². The van der Waals surface area contributed by atoms with E-state index in [0.717, 1.165) is 0 Å². The normalized spacial score (nSPS) is 11.5. The highest BCUT2D eigenvalue weighted by atomic mass is 16.5. The number of amides is 1. The summed E-state index contributed by atoms with van der Waals surface area (Å²) in [6.07, 6.45) is -0.186. The Bertz CT molecular complexity index is 515. The zero-order chi connectivity index (χ0) is 15.1. The van der Waals surface area contributed by atoms with Crippen LogP contribution in [0.4, 0.5) is 5.69 Å². The molecule has 20 heavy (non-hydrogen) atoms. The number of aliphatic carboxylic acids is 1. The maximum atomic E-state index is 11.8. The zero-order valence-electron chi connectivity index (χ0n) is 11.0. The van der Waals surface area contributed by atoms with E-state index in [2.05, 4.69) is 10.1 Å². The third-order valence-electron chi connectivity index (χ3n) is 2.60. The van der Waals surface area contributed by atoms with Crippen molar-refractivity contribution in [1.29, 1.82) is 0 Å². The molecule has 7 nitrogen and oxygen atoms in total. The minimum atomic E-state index is -1.02. The average Bonchev–Trinajstić information content (AvgIpc) is 2.44. The topological polar surface area (TPSA) is 119 Å². The summed E-state index contributed by atoms with van der Waals surface area (Å²) in [5, 5.41) is 11.0. The van der Waals surface area contributed by atoms with E-state index in [1.807, 2.05) is 0 Å². The van der Waals surface area contributed by atoms with E-state index >= 15 is 0 Å². The first-order chi connectivity index (χ1) is 9.45. The van der Waals surface area contributed by atoms with Gasteiger partial charge in [0.15, 0.2) is 0 Å². The average molecular weight is 280 g/mol. The van der Waals surface area contributed by atoms with Crippen molar-refractivity contribution in [2.24, 2.45) is 5.73 Å². The maximum absolute atomic E-state index is 11.8. The Morgan fingerprint density at radius 3 is 2.60 bits per heavy atom. The van der Waals surface area contributed by atoms with Gasteiger partial charge in [0.2, 0.25) is 5.91 Å². The van der Waals surface area contributed by atoms with Crippen LogP contribution in [0.3, 0.4) is 0 Å². The van der Waals surface area contributed by atoms with E-state index in [0.29, 0.717) is 0 Å². The summed E-state index contributed by atoms with van der Waals surface area (Å²) in [4.78, 5) is 33.7. The largest absolute Gasteiger partial charge is 0.481 e. The van der Waals surface area contributed by atoms with Crippen molar-refractivity contribution in [3.05, 3.63) is 29.8 Å². The second-order valence-electron chi connectivity index (χ2n) is 4.07. The molecule has 0 spiro atoms. The Labute approximate surface area is 115 Å². The number of carboxylic acids is 1. The third kappa shape index (κ3) is 4.36. The second-order valence-corrected chi connectivity index (χ2v) is 4.07. The monoisotopic (exact) mass is 280 g/mol. The van der Waals surface area contributed by atoms with Gasteiger partial charge in [-0.15, -0.1) is 0 Å². The van der Waals surface area contributed by atoms with Crippen LogP contribution in [0.2, 0.25) is 0 Å². The summed E-state index contributed by atoms with van der Waals surface area (Å²) >= 11 is 0. The van der Waals surface area contributed by atoms with Crippen LogP contribution in [0, 0.1) is 0 Å². The SMILES string of the molecule is COC(=O)c1ccccc1NC(=O)C(N)CCC(=O)O. The quantitative estimate of drug-likeness (QED) is 0.657. The summed E-state index contributed by atoms with van der Waals surface area (Å²) in [6, 6.07) is 5.35. The number of nitrogens with one attached hydrogen (secondary N) is 1. The fourth-order valence-corrected chi connectivity index (χ4v) is 1.52. The lowest BCUT2D eigenvalue weighted by atomic mass is 10.1. The first-order valence-electron chi connectivity index (χ1n) is 5.91. The third-order valence-corrected chi connectivity index (χ3v) is 2.60. The van der Waals surface area contributed by atoms with Crippen molar-refractivity contribution in [3.63, 3.8) is 0 Å². The highest BCUT2D eigenvalue weighted by Gasteiger charge is 2.18. The summed E-state index contributed by atoms with van der Waals surface area (Å²) in [7, 11) is 1.24. The first kappa shape index (κ1) is 15.6. The molecule has 1 aromatic rings. The van der Waals surface area contributed by atoms with Gasteiger partial charge in [-0.2, -0.15) is 0 Å². The maximum Gasteiger partial charge on any atom is 0.339 e. The number of carbonyl (C=O) groups excluding carboxylic acids is 2. The molecule has 0 bridgehead atoms. The van der Waals surface area contributed by atoms with Crippen molar-refractivity contribution in [2.45, 2.75) is 18.9 Å². The molecule has 4 N–H and O–H groups in total. The number of anilines is 1. The van der Waals surface area contributed by atoms with Gasteiger partial charge >= 0.3 is 11.9 Å². The predicted octanol–water partition coefficient (Wildman–Crippen LogP) is 0.604. The lowest BCUT2D eigenvalue weighted by Crippen LogP contribution is -2.36. The van der Waals surface area contributed by atoms with Crippen LogP contribution < -0.4 is 11.1 Å². The summed E-state index contributed by atoms with van der Waals surface area (Å²) in [5.41, 5.74) is 6.06. The Morgan fingerprint density at radius 2 is 2.00 bits per heavy atom. The van der Waals surface area contributed by atoms with Crippen LogP contribution in [-0.4, -0.2) is 36.1 Å². The Hall–Kier alpha value is -2.41. The summed E-state index contributed by atoms with van der Waals surface area (Å²) in [5.74, 6) is -2.16. The van der Waals surface area contributed by atoms with Gasteiger partial charge in [-0.25, -0.2) is 4.79 Å². The van der Waals surface area contributed by atoms with Crippen LogP contribution >= 0.6 is 0 Å². The number of para-hydroxylation sites is 1. The Morgan fingerprint density at radius 1 is 1.35 bits per heavy atom. The van der Waals surface area contributed by atoms with E-state index in [1.54, 1.807) is 12.1 Å². The molecule has 1 unspecified atom stereocenters. The fraction of sp³-hybridized carbons (Fsp3) is 0.308. The smallest absolute Gasteiger partial charge is 0.339 e. The van der Waals surface area contributed by atoms with Crippen molar-refractivity contribution in [3.8, 4) is 0 Å². The molecule has 0 saturated heterocycles. The fourth-order valence-electron chi connectivity index (χ4n) is 1.52. The molecular formula is C13H16N2O5. The molecule has 0 aliphatic heterocycles. The molecule has 0 saturated carbocycles. The molecule has 0 aliphatic rings. The molecular weight excluding hydrogens is 264 g/mol. The molecule has 1 rings (SSSR count). The molecule has 108 valence electrons. The lowest BCUT2D eigenvalue weighted by molar-refractivity contribution is -0.137. The predicted molar refractivity (Wildman–Crippen MR) is 71.3 cm³/mol. The Balaban J connectivity index is 2.75. The van der Waals surface area contributed by atoms with E-state index in [4.69, 9.17) is 10.8 Å². The number of hydrogen-bond acceptors (Lipinski definition) is 5. The molecule has 0 fully saturated rings. The van der Waals surface area contributed by atoms with E-state index in [1.165, 1.54) is 19.2 Å². The van der Waals surface area contributed by atoms with Gasteiger partial charge in [-0.05, 0) is 18.6 Å². The molecule has 0 heterocycles. The number of rotatable bonds is 6. The molecule has 0 aliphatic carbocycles. The summed E-state index contributed by atoms with van der Waals surface area (Å²) in [6.45, 7) is 0. The zero-order valence-corrected chi connectivity index (χ0v) is 11.0. The van der Waals surface area contributed by atoms with Gasteiger partial charge in [0.05, 0.1) is 24.4 Å². The van der Waals surface area contributed by atoms with Gasteiger partial charge in [-0.3, -0.25) is 9.59 Å². The van der Waals surface area contributed by atoms with Crippen LogP contribution in [-0.2, 0) is 14.3 Å². The van der Waals surface area contributed by atoms with Gasteiger partial charge in [0, 0.05) is 6.42 Å². The summed E-state index contributed by atoms with van der Waals surface area (Å²) < 4.78 is 4.60. The second kappa shape index (κ2) is 7.25. The molecule has 0 radical (unpaired) electrons. The molecule has 1 aromatic carbocycles.